The summed E-state index contributed by atoms with van der Waals surface area (Å²) in [7, 11) is 0. The molecule has 0 aliphatic heterocycles. The Hall–Kier alpha value is -3.87. The lowest BCUT2D eigenvalue weighted by atomic mass is 9.76. The number of esters is 2. The molecule has 0 bridgehead atoms. The van der Waals surface area contributed by atoms with Crippen LogP contribution in [0, 0.1) is 11.3 Å². The molecule has 4 N–H and O–H groups in total. The molecule has 0 radical (unpaired) electrons. The van der Waals surface area contributed by atoms with E-state index in [4.69, 9.17) is 24.7 Å². The Balaban J connectivity index is 2.30. The van der Waals surface area contributed by atoms with Crippen molar-refractivity contribution in [2.75, 3.05) is 19.6 Å². The van der Waals surface area contributed by atoms with Crippen molar-refractivity contribution in [3.8, 4) is 5.75 Å². The van der Waals surface area contributed by atoms with Gasteiger partial charge in [-0.05, 0) is 146 Å². The quantitative estimate of drug-likeness (QED) is 0.0796. The fourth-order valence-corrected chi connectivity index (χ4v) is 6.81. The van der Waals surface area contributed by atoms with Crippen LogP contribution in [0.1, 0.15) is 147 Å². The first kappa shape index (κ1) is 49.3. The largest absolute Gasteiger partial charge is 0.488 e. The SMILES string of the molecule is CCN(C[C@H](CC1(C(=O)N[C@@H](Cc2ccc(OC(C)(C)C)cc2)C(=O)OC(C)(C)C)CCCC1)C(=O)OC(C)(C)C)C(=O)[C@@H](N)CCCCNC(=O)OC(C)(C)C. The number of hydrogen-bond donors (Lipinski definition) is 3. The molecule has 0 unspecified atom stereocenters. The van der Waals surface area contributed by atoms with E-state index in [2.05, 4.69) is 10.6 Å². The van der Waals surface area contributed by atoms with E-state index in [1.54, 1.807) is 67.2 Å². The lowest BCUT2D eigenvalue weighted by Crippen LogP contribution is -2.52. The Labute approximate surface area is 342 Å². The Morgan fingerprint density at radius 3 is 1.82 bits per heavy atom. The van der Waals surface area contributed by atoms with E-state index in [0.717, 1.165) is 18.4 Å². The maximum Gasteiger partial charge on any atom is 0.407 e. The van der Waals surface area contributed by atoms with Crippen LogP contribution in [0.2, 0.25) is 0 Å². The molecule has 57 heavy (non-hydrogen) atoms. The minimum absolute atomic E-state index is 0.0195. The number of unbranched alkanes of at least 4 members (excludes halogenated alkanes) is 1. The van der Waals surface area contributed by atoms with Crippen molar-refractivity contribution in [3.05, 3.63) is 29.8 Å². The molecule has 3 atom stereocenters. The molecule has 13 heteroatoms. The highest BCUT2D eigenvalue weighted by molar-refractivity contribution is 5.89. The van der Waals surface area contributed by atoms with E-state index in [-0.39, 0.29) is 36.8 Å². The topological polar surface area (TPSA) is 176 Å². The van der Waals surface area contributed by atoms with E-state index in [0.29, 0.717) is 50.9 Å². The van der Waals surface area contributed by atoms with Crippen LogP contribution in [0.3, 0.4) is 0 Å². The first-order valence-electron chi connectivity index (χ1n) is 20.7. The lowest BCUT2D eigenvalue weighted by Gasteiger charge is -2.36. The number of nitrogens with zero attached hydrogens (tertiary/aromatic N) is 1. The van der Waals surface area contributed by atoms with Crippen LogP contribution >= 0.6 is 0 Å². The number of carbonyl (C=O) groups is 5. The second kappa shape index (κ2) is 20.7. The number of benzene rings is 1. The van der Waals surface area contributed by atoms with Gasteiger partial charge in [-0.3, -0.25) is 14.4 Å². The van der Waals surface area contributed by atoms with E-state index in [1.165, 1.54) is 0 Å². The highest BCUT2D eigenvalue weighted by atomic mass is 16.6. The maximum absolute atomic E-state index is 14.5. The van der Waals surface area contributed by atoms with Crippen LogP contribution in [0.15, 0.2) is 24.3 Å². The zero-order chi connectivity index (χ0) is 43.4. The Kier molecular flexibility index (Phi) is 17.9. The van der Waals surface area contributed by atoms with E-state index >= 15 is 0 Å². The number of nitrogens with two attached hydrogens (primary N) is 1. The molecule has 1 saturated carbocycles. The lowest BCUT2D eigenvalue weighted by molar-refractivity contribution is -0.164. The number of nitrogens with one attached hydrogen (secondary N) is 2. The van der Waals surface area contributed by atoms with Crippen molar-refractivity contribution >= 4 is 29.8 Å². The summed E-state index contributed by atoms with van der Waals surface area (Å²) < 4.78 is 22.9. The molecule has 13 nitrogen and oxygen atoms in total. The number of ether oxygens (including phenoxy) is 4. The molecular weight excluding hydrogens is 729 g/mol. The molecule has 1 aromatic rings. The highest BCUT2D eigenvalue weighted by Crippen LogP contribution is 2.44. The van der Waals surface area contributed by atoms with Crippen molar-refractivity contribution in [1.29, 1.82) is 0 Å². The number of hydrogen-bond acceptors (Lipinski definition) is 10. The van der Waals surface area contributed by atoms with Gasteiger partial charge in [0.2, 0.25) is 11.8 Å². The smallest absolute Gasteiger partial charge is 0.407 e. The fraction of sp³-hybridized carbons (Fsp3) is 0.750. The van der Waals surface area contributed by atoms with Crippen molar-refractivity contribution in [2.45, 2.75) is 182 Å². The fourth-order valence-electron chi connectivity index (χ4n) is 6.81. The summed E-state index contributed by atoms with van der Waals surface area (Å²) in [5.41, 5.74) is 3.66. The molecule has 0 aromatic heterocycles. The average molecular weight is 803 g/mol. The van der Waals surface area contributed by atoms with Gasteiger partial charge in [-0.25, -0.2) is 9.59 Å². The zero-order valence-electron chi connectivity index (χ0n) is 37.2. The van der Waals surface area contributed by atoms with Gasteiger partial charge in [0, 0.05) is 26.1 Å². The second-order valence-electron chi connectivity index (χ2n) is 19.5. The Bertz CT molecular complexity index is 1480. The van der Waals surface area contributed by atoms with Gasteiger partial charge in [0.05, 0.1) is 17.4 Å². The first-order valence-corrected chi connectivity index (χ1v) is 20.7. The molecule has 1 aliphatic carbocycles. The summed E-state index contributed by atoms with van der Waals surface area (Å²) >= 11 is 0. The molecule has 1 fully saturated rings. The average Bonchev–Trinajstić information content (AvgIpc) is 3.53. The molecule has 3 amide bonds. The minimum Gasteiger partial charge on any atom is -0.488 e. The van der Waals surface area contributed by atoms with Crippen LogP contribution in [0.5, 0.6) is 5.75 Å². The monoisotopic (exact) mass is 803 g/mol. The summed E-state index contributed by atoms with van der Waals surface area (Å²) in [6.07, 6.45) is 3.95. The van der Waals surface area contributed by atoms with Gasteiger partial charge in [-0.15, -0.1) is 0 Å². The Morgan fingerprint density at radius 1 is 0.772 bits per heavy atom. The van der Waals surface area contributed by atoms with Crippen LogP contribution < -0.4 is 21.1 Å². The third kappa shape index (κ3) is 18.5. The number of amides is 3. The third-order valence-electron chi connectivity index (χ3n) is 9.26. The van der Waals surface area contributed by atoms with E-state index in [9.17, 15) is 24.0 Å². The van der Waals surface area contributed by atoms with Gasteiger partial charge in [-0.1, -0.05) is 25.0 Å². The summed E-state index contributed by atoms with van der Waals surface area (Å²) in [5, 5.41) is 5.76. The van der Waals surface area contributed by atoms with Crippen molar-refractivity contribution < 1.29 is 42.9 Å². The van der Waals surface area contributed by atoms with Crippen LogP contribution in [-0.4, -0.2) is 88.9 Å². The van der Waals surface area contributed by atoms with Crippen molar-refractivity contribution in [1.82, 2.24) is 15.5 Å². The van der Waals surface area contributed by atoms with Crippen LogP contribution in [0.25, 0.3) is 0 Å². The van der Waals surface area contributed by atoms with Gasteiger partial charge < -0.3 is 40.2 Å². The maximum atomic E-state index is 14.5. The molecule has 1 aromatic carbocycles. The molecule has 1 aliphatic rings. The van der Waals surface area contributed by atoms with Gasteiger partial charge in [0.25, 0.3) is 0 Å². The summed E-state index contributed by atoms with van der Waals surface area (Å²) in [4.78, 5) is 69.4. The molecule has 324 valence electrons. The molecule has 0 spiro atoms. The molecular formula is C44H74N4O9. The van der Waals surface area contributed by atoms with Gasteiger partial charge >= 0.3 is 18.0 Å². The number of rotatable bonds is 18. The number of alkyl carbamates (subject to hydrolysis) is 1. The predicted molar refractivity (Wildman–Crippen MR) is 221 cm³/mol. The number of carbonyl (C=O) groups excluding carboxylic acids is 5. The van der Waals surface area contributed by atoms with Gasteiger partial charge in [0.1, 0.15) is 34.2 Å². The van der Waals surface area contributed by atoms with Gasteiger partial charge in [0.15, 0.2) is 0 Å². The second-order valence-corrected chi connectivity index (χ2v) is 19.5. The number of likely N-dealkylation sites (N-methyl/N-ethyl adjacent to an activating group) is 1. The van der Waals surface area contributed by atoms with Crippen LogP contribution in [0.4, 0.5) is 4.79 Å². The first-order chi connectivity index (χ1) is 26.1. The standard InChI is InChI=1S/C44H74N4O9/c1-14-48(35(49)33(45)19-15-18-26-46-39(53)57-43(11,12)13)29-31(36(50)55-41(5,6)7)28-44(24-16-17-25-44)38(52)47-34(37(51)56-42(8,9)10)27-30-20-22-32(23-21-30)54-40(2,3)4/h20-23,31,33-34H,14-19,24-29,45H2,1-13H3,(H,46,53)(H,47,52)/t31-,33-,34-/m0/s1. The normalized spacial score (nSPS) is 16.1. The van der Waals surface area contributed by atoms with Crippen LogP contribution in [-0.2, 0) is 39.8 Å². The Morgan fingerprint density at radius 2 is 1.32 bits per heavy atom. The summed E-state index contributed by atoms with van der Waals surface area (Å²) in [5.74, 6) is -1.84. The van der Waals surface area contributed by atoms with E-state index in [1.807, 2.05) is 52.0 Å². The van der Waals surface area contributed by atoms with Crippen molar-refractivity contribution in [3.63, 3.8) is 0 Å². The van der Waals surface area contributed by atoms with Gasteiger partial charge in [-0.2, -0.15) is 0 Å². The predicted octanol–water partition coefficient (Wildman–Crippen LogP) is 7.01. The van der Waals surface area contributed by atoms with E-state index < -0.39 is 58.3 Å². The summed E-state index contributed by atoms with van der Waals surface area (Å²) in [6.45, 7) is 24.5. The van der Waals surface area contributed by atoms with Crippen molar-refractivity contribution in [2.24, 2.45) is 17.1 Å². The third-order valence-corrected chi connectivity index (χ3v) is 9.26. The zero-order valence-corrected chi connectivity index (χ0v) is 37.2. The molecule has 2 rings (SSSR count). The molecule has 0 saturated heterocycles. The minimum atomic E-state index is -0.991. The highest BCUT2D eigenvalue weighted by Gasteiger charge is 2.47. The molecule has 0 heterocycles. The summed E-state index contributed by atoms with van der Waals surface area (Å²) in [6, 6.07) is 5.62.